The van der Waals surface area contributed by atoms with E-state index in [1.54, 1.807) is 10.7 Å². The number of benzene rings is 1. The number of aromatic nitrogens is 2. The van der Waals surface area contributed by atoms with E-state index in [-0.39, 0.29) is 5.82 Å². The van der Waals surface area contributed by atoms with Gasteiger partial charge in [0.05, 0.1) is 11.4 Å². The van der Waals surface area contributed by atoms with E-state index in [9.17, 15) is 9.50 Å². The quantitative estimate of drug-likeness (QED) is 0.923. The highest BCUT2D eigenvalue weighted by Gasteiger charge is 2.21. The minimum atomic E-state index is -0.984. The Labute approximate surface area is 112 Å². The third-order valence-electron chi connectivity index (χ3n) is 3.27. The number of nitrogens with zero attached hydrogens (tertiary/aromatic N) is 2. The Hall–Kier alpha value is -1.68. The molecule has 4 heteroatoms. The van der Waals surface area contributed by atoms with Crippen LogP contribution >= 0.6 is 0 Å². The van der Waals surface area contributed by atoms with Crippen molar-refractivity contribution in [2.45, 2.75) is 40.3 Å². The number of rotatable bonds is 3. The average Bonchev–Trinajstić information content (AvgIpc) is 2.69. The van der Waals surface area contributed by atoms with Crippen molar-refractivity contribution in [3.63, 3.8) is 0 Å². The smallest absolute Gasteiger partial charge is 0.129 e. The summed E-state index contributed by atoms with van der Waals surface area (Å²) in [4.78, 5) is 0. The molecule has 1 N–H and O–H groups in total. The van der Waals surface area contributed by atoms with E-state index >= 15 is 0 Å². The van der Waals surface area contributed by atoms with Gasteiger partial charge in [-0.1, -0.05) is 6.07 Å². The monoisotopic (exact) mass is 262 g/mol. The molecule has 1 aromatic heterocycles. The van der Waals surface area contributed by atoms with Gasteiger partial charge in [0, 0.05) is 12.1 Å². The molecular weight excluding hydrogens is 243 g/mol. The molecule has 1 aromatic carbocycles. The molecule has 2 rings (SSSR count). The number of aryl methyl sites for hydroxylation is 4. The van der Waals surface area contributed by atoms with Crippen molar-refractivity contribution in [1.82, 2.24) is 9.78 Å². The van der Waals surface area contributed by atoms with Crippen molar-refractivity contribution in [2.24, 2.45) is 0 Å². The second-order valence-electron chi connectivity index (χ2n) is 4.91. The van der Waals surface area contributed by atoms with Crippen molar-refractivity contribution >= 4 is 0 Å². The molecule has 0 saturated heterocycles. The molecule has 0 amide bonds. The predicted octanol–water partition coefficient (Wildman–Crippen LogP) is 3.05. The number of halogens is 1. The minimum absolute atomic E-state index is 0.334. The van der Waals surface area contributed by atoms with Gasteiger partial charge in [0.2, 0.25) is 0 Å². The largest absolute Gasteiger partial charge is 0.382 e. The summed E-state index contributed by atoms with van der Waals surface area (Å²) in [6, 6.07) is 5.12. The first-order chi connectivity index (χ1) is 8.93. The van der Waals surface area contributed by atoms with Gasteiger partial charge in [-0.3, -0.25) is 4.68 Å². The lowest BCUT2D eigenvalue weighted by Crippen LogP contribution is -2.12. The number of hydrogen-bond acceptors (Lipinski definition) is 2. The van der Waals surface area contributed by atoms with Gasteiger partial charge in [0.15, 0.2) is 0 Å². The zero-order valence-electron chi connectivity index (χ0n) is 11.7. The molecule has 1 heterocycles. The topological polar surface area (TPSA) is 38.0 Å². The second kappa shape index (κ2) is 5.13. The Morgan fingerprint density at radius 1 is 1.26 bits per heavy atom. The third-order valence-corrected chi connectivity index (χ3v) is 3.27. The van der Waals surface area contributed by atoms with Crippen LogP contribution in [-0.2, 0) is 6.54 Å². The summed E-state index contributed by atoms with van der Waals surface area (Å²) in [7, 11) is 0. The normalized spacial score (nSPS) is 12.7. The zero-order chi connectivity index (χ0) is 14.2. The molecule has 0 aliphatic rings. The third kappa shape index (κ3) is 2.54. The van der Waals surface area contributed by atoms with Gasteiger partial charge in [-0.15, -0.1) is 0 Å². The highest BCUT2D eigenvalue weighted by molar-refractivity contribution is 5.37. The van der Waals surface area contributed by atoms with E-state index < -0.39 is 6.10 Å². The molecule has 1 atom stereocenters. The van der Waals surface area contributed by atoms with Crippen LogP contribution in [0.5, 0.6) is 0 Å². The minimum Gasteiger partial charge on any atom is -0.382 e. The lowest BCUT2D eigenvalue weighted by atomic mass is 9.98. The fourth-order valence-corrected chi connectivity index (χ4v) is 2.46. The van der Waals surface area contributed by atoms with Crippen LogP contribution < -0.4 is 0 Å². The fraction of sp³-hybridized carbons (Fsp3) is 0.400. The number of hydrogen-bond donors (Lipinski definition) is 1. The molecule has 19 heavy (non-hydrogen) atoms. The van der Waals surface area contributed by atoms with Crippen molar-refractivity contribution in [3.05, 3.63) is 52.1 Å². The summed E-state index contributed by atoms with van der Waals surface area (Å²) in [6.07, 6.45) is -0.984. The predicted molar refractivity (Wildman–Crippen MR) is 72.6 cm³/mol. The maximum absolute atomic E-state index is 14.1. The van der Waals surface area contributed by atoms with E-state index in [1.165, 1.54) is 6.07 Å². The highest BCUT2D eigenvalue weighted by Crippen LogP contribution is 2.28. The first-order valence-corrected chi connectivity index (χ1v) is 6.43. The Morgan fingerprint density at radius 3 is 2.53 bits per heavy atom. The van der Waals surface area contributed by atoms with E-state index in [1.807, 2.05) is 33.8 Å². The molecular formula is C15H19FN2O. The first kappa shape index (κ1) is 13.7. The first-order valence-electron chi connectivity index (χ1n) is 6.43. The van der Waals surface area contributed by atoms with E-state index in [4.69, 9.17) is 0 Å². The molecule has 0 saturated carbocycles. The molecule has 1 unspecified atom stereocenters. The summed E-state index contributed by atoms with van der Waals surface area (Å²) < 4.78 is 15.8. The standard InChI is InChI=1S/C15H19FN2O/c1-5-18-13(8-11(4)17-18)15(19)14-10(3)6-9(2)7-12(14)16/h6-8,15,19H,5H2,1-4H3. The zero-order valence-corrected chi connectivity index (χ0v) is 11.7. The molecule has 0 aliphatic carbocycles. The molecule has 102 valence electrons. The van der Waals surface area contributed by atoms with Crippen LogP contribution in [-0.4, -0.2) is 14.9 Å². The van der Waals surface area contributed by atoms with Crippen LogP contribution in [0.3, 0.4) is 0 Å². The Kier molecular flexibility index (Phi) is 3.71. The molecule has 3 nitrogen and oxygen atoms in total. The van der Waals surface area contributed by atoms with Crippen LogP contribution in [0.25, 0.3) is 0 Å². The molecule has 0 spiro atoms. The van der Waals surface area contributed by atoms with Crippen LogP contribution in [0.4, 0.5) is 4.39 Å². The highest BCUT2D eigenvalue weighted by atomic mass is 19.1. The Morgan fingerprint density at radius 2 is 1.95 bits per heavy atom. The lowest BCUT2D eigenvalue weighted by Gasteiger charge is -2.16. The number of aliphatic hydroxyl groups is 1. The average molecular weight is 262 g/mol. The fourth-order valence-electron chi connectivity index (χ4n) is 2.46. The number of aliphatic hydroxyl groups excluding tert-OH is 1. The summed E-state index contributed by atoms with van der Waals surface area (Å²) >= 11 is 0. The van der Waals surface area contributed by atoms with Gasteiger partial charge in [-0.05, 0) is 51.0 Å². The van der Waals surface area contributed by atoms with Gasteiger partial charge in [-0.2, -0.15) is 5.10 Å². The van der Waals surface area contributed by atoms with Crippen molar-refractivity contribution < 1.29 is 9.50 Å². The van der Waals surface area contributed by atoms with Gasteiger partial charge in [0.1, 0.15) is 11.9 Å². The maximum atomic E-state index is 14.1. The summed E-state index contributed by atoms with van der Waals surface area (Å²) in [5, 5.41) is 14.8. The molecule has 2 aromatic rings. The van der Waals surface area contributed by atoms with Crippen LogP contribution in [0, 0.1) is 26.6 Å². The van der Waals surface area contributed by atoms with Crippen molar-refractivity contribution in [1.29, 1.82) is 0 Å². The SMILES string of the molecule is CCn1nc(C)cc1C(O)c1c(C)cc(C)cc1F. The summed E-state index contributed by atoms with van der Waals surface area (Å²) in [5.41, 5.74) is 3.39. The summed E-state index contributed by atoms with van der Waals surface area (Å²) in [6.45, 7) is 8.11. The van der Waals surface area contributed by atoms with Crippen LogP contribution in [0.2, 0.25) is 0 Å². The molecule has 0 radical (unpaired) electrons. The lowest BCUT2D eigenvalue weighted by molar-refractivity contribution is 0.202. The summed E-state index contributed by atoms with van der Waals surface area (Å²) in [5.74, 6) is -0.369. The van der Waals surface area contributed by atoms with Crippen molar-refractivity contribution in [2.75, 3.05) is 0 Å². The van der Waals surface area contributed by atoms with Gasteiger partial charge >= 0.3 is 0 Å². The Bertz CT molecular complexity index is 581. The van der Waals surface area contributed by atoms with Crippen LogP contribution in [0.1, 0.15) is 41.1 Å². The maximum Gasteiger partial charge on any atom is 0.129 e. The van der Waals surface area contributed by atoms with E-state index in [0.717, 1.165) is 16.8 Å². The van der Waals surface area contributed by atoms with E-state index in [0.29, 0.717) is 17.8 Å². The van der Waals surface area contributed by atoms with Gasteiger partial charge in [-0.25, -0.2) is 4.39 Å². The molecule has 0 aliphatic heterocycles. The van der Waals surface area contributed by atoms with Gasteiger partial charge in [0.25, 0.3) is 0 Å². The van der Waals surface area contributed by atoms with E-state index in [2.05, 4.69) is 5.10 Å². The van der Waals surface area contributed by atoms with Crippen molar-refractivity contribution in [3.8, 4) is 0 Å². The molecule has 0 bridgehead atoms. The molecule has 0 fully saturated rings. The van der Waals surface area contributed by atoms with Gasteiger partial charge < -0.3 is 5.11 Å². The second-order valence-corrected chi connectivity index (χ2v) is 4.91. The Balaban J connectivity index is 2.52. The van der Waals surface area contributed by atoms with Crippen LogP contribution in [0.15, 0.2) is 18.2 Å².